The van der Waals surface area contributed by atoms with Crippen molar-refractivity contribution in [3.05, 3.63) is 92.7 Å². The van der Waals surface area contributed by atoms with Gasteiger partial charge in [-0.25, -0.2) is 0 Å². The Bertz CT molecular complexity index is 1090. The Balaban J connectivity index is 1.90. The molecule has 0 saturated carbocycles. The summed E-state index contributed by atoms with van der Waals surface area (Å²) in [6, 6.07) is 17.3. The number of nitro benzene ring substituents is 1. The summed E-state index contributed by atoms with van der Waals surface area (Å²) in [6.07, 6.45) is 1.33. The van der Waals surface area contributed by atoms with Gasteiger partial charge in [0, 0.05) is 34.4 Å². The number of Topliss-reactive ketones (excluding diaryl/α,β-unsaturated/α-hetero) is 1. The zero-order valence-electron chi connectivity index (χ0n) is 13.8. The quantitative estimate of drug-likeness (QED) is 0.197. The smallest absolute Gasteiger partial charge is 0.270 e. The Morgan fingerprint density at radius 2 is 1.89 bits per heavy atom. The van der Waals surface area contributed by atoms with Gasteiger partial charge in [-0.05, 0) is 36.4 Å². The standard InChI is InChI=1S/C20H11ClN2O4/c21-16-6-4-13(5-7-16)20(24)15(12-22)11-18-8-9-19(27-18)14-2-1-3-17(10-14)23(25)26/h1-11H/b15-11+. The van der Waals surface area contributed by atoms with E-state index in [-0.39, 0.29) is 17.0 Å². The Morgan fingerprint density at radius 1 is 1.15 bits per heavy atom. The number of halogens is 1. The van der Waals surface area contributed by atoms with E-state index < -0.39 is 10.7 Å². The highest BCUT2D eigenvalue weighted by atomic mass is 35.5. The molecule has 6 nitrogen and oxygen atoms in total. The zero-order valence-corrected chi connectivity index (χ0v) is 14.5. The number of hydrogen-bond acceptors (Lipinski definition) is 5. The van der Waals surface area contributed by atoms with Crippen LogP contribution in [0.4, 0.5) is 5.69 Å². The number of nitrogens with zero attached hydrogens (tertiary/aromatic N) is 2. The number of allylic oxidation sites excluding steroid dienone is 1. The highest BCUT2D eigenvalue weighted by molar-refractivity contribution is 6.30. The van der Waals surface area contributed by atoms with Gasteiger partial charge in [0.15, 0.2) is 0 Å². The number of nitro groups is 1. The van der Waals surface area contributed by atoms with Gasteiger partial charge in [0.25, 0.3) is 5.69 Å². The molecule has 27 heavy (non-hydrogen) atoms. The molecule has 1 aromatic heterocycles. The van der Waals surface area contributed by atoms with Gasteiger partial charge in [-0.2, -0.15) is 5.26 Å². The minimum Gasteiger partial charge on any atom is -0.457 e. The van der Waals surface area contributed by atoms with E-state index in [4.69, 9.17) is 16.0 Å². The molecular formula is C20H11ClN2O4. The van der Waals surface area contributed by atoms with E-state index in [1.54, 1.807) is 36.4 Å². The van der Waals surface area contributed by atoms with Crippen LogP contribution in [0, 0.1) is 21.4 Å². The van der Waals surface area contributed by atoms with E-state index in [9.17, 15) is 20.2 Å². The normalized spacial score (nSPS) is 11.0. The molecule has 132 valence electrons. The Morgan fingerprint density at radius 3 is 2.56 bits per heavy atom. The molecule has 0 spiro atoms. The summed E-state index contributed by atoms with van der Waals surface area (Å²) in [6.45, 7) is 0. The van der Waals surface area contributed by atoms with Crippen molar-refractivity contribution in [2.24, 2.45) is 0 Å². The van der Waals surface area contributed by atoms with Gasteiger partial charge < -0.3 is 4.42 Å². The van der Waals surface area contributed by atoms with Crippen LogP contribution in [0.25, 0.3) is 17.4 Å². The summed E-state index contributed by atoms with van der Waals surface area (Å²) in [4.78, 5) is 22.8. The molecule has 0 aliphatic heterocycles. The molecule has 1 heterocycles. The molecule has 3 rings (SSSR count). The molecule has 0 amide bonds. The second-order valence-corrected chi connectivity index (χ2v) is 5.95. The number of nitriles is 1. The van der Waals surface area contributed by atoms with Crippen LogP contribution >= 0.6 is 11.6 Å². The van der Waals surface area contributed by atoms with Gasteiger partial charge in [0.05, 0.1) is 4.92 Å². The van der Waals surface area contributed by atoms with Crippen LogP contribution < -0.4 is 0 Å². The van der Waals surface area contributed by atoms with Crippen LogP contribution in [0.5, 0.6) is 0 Å². The van der Waals surface area contributed by atoms with Crippen molar-refractivity contribution in [2.75, 3.05) is 0 Å². The lowest BCUT2D eigenvalue weighted by Gasteiger charge is -1.99. The minimum atomic E-state index is -0.494. The van der Waals surface area contributed by atoms with Crippen LogP contribution in [0.2, 0.25) is 5.02 Å². The Kier molecular flexibility index (Phi) is 5.15. The molecule has 2 aromatic carbocycles. The third-order valence-electron chi connectivity index (χ3n) is 3.73. The third-order valence-corrected chi connectivity index (χ3v) is 3.98. The predicted octanol–water partition coefficient (Wildman–Crippen LogP) is 5.30. The number of furan rings is 1. The van der Waals surface area contributed by atoms with E-state index >= 15 is 0 Å². The SMILES string of the molecule is N#C/C(=C\c1ccc(-c2cccc([N+](=O)[O-])c2)o1)C(=O)c1ccc(Cl)cc1. The number of carbonyl (C=O) groups excluding carboxylic acids is 1. The van der Waals surface area contributed by atoms with Gasteiger partial charge in [-0.15, -0.1) is 0 Å². The van der Waals surface area contributed by atoms with Crippen molar-refractivity contribution in [1.29, 1.82) is 5.26 Å². The second kappa shape index (κ2) is 7.68. The van der Waals surface area contributed by atoms with Crippen LogP contribution in [0.1, 0.15) is 16.1 Å². The van der Waals surface area contributed by atoms with Gasteiger partial charge in [0.1, 0.15) is 23.2 Å². The summed E-state index contributed by atoms with van der Waals surface area (Å²) < 4.78 is 5.62. The minimum absolute atomic E-state index is 0.0587. The van der Waals surface area contributed by atoms with Gasteiger partial charge in [-0.3, -0.25) is 14.9 Å². The maximum absolute atomic E-state index is 12.4. The molecule has 3 aromatic rings. The lowest BCUT2D eigenvalue weighted by atomic mass is 10.0. The van der Waals surface area contributed by atoms with Crippen molar-refractivity contribution in [2.45, 2.75) is 0 Å². The maximum Gasteiger partial charge on any atom is 0.270 e. The number of carbonyl (C=O) groups is 1. The highest BCUT2D eigenvalue weighted by Gasteiger charge is 2.14. The van der Waals surface area contributed by atoms with Crippen LogP contribution in [-0.4, -0.2) is 10.7 Å². The molecule has 0 aliphatic rings. The number of non-ortho nitro benzene ring substituents is 1. The summed E-state index contributed by atoms with van der Waals surface area (Å²) >= 11 is 5.80. The van der Waals surface area contributed by atoms with Crippen LogP contribution in [0.15, 0.2) is 70.7 Å². The number of benzene rings is 2. The predicted molar refractivity (Wildman–Crippen MR) is 100 cm³/mol. The van der Waals surface area contributed by atoms with Crippen molar-refractivity contribution in [1.82, 2.24) is 0 Å². The van der Waals surface area contributed by atoms with Crippen LogP contribution in [0.3, 0.4) is 0 Å². The fourth-order valence-corrected chi connectivity index (χ4v) is 2.53. The van der Waals surface area contributed by atoms with E-state index in [1.807, 2.05) is 6.07 Å². The van der Waals surface area contributed by atoms with E-state index in [0.717, 1.165) is 0 Å². The molecule has 0 aliphatic carbocycles. The average Bonchev–Trinajstić information content (AvgIpc) is 3.15. The Hall–Kier alpha value is -3.69. The molecule has 0 atom stereocenters. The highest BCUT2D eigenvalue weighted by Crippen LogP contribution is 2.27. The third kappa shape index (κ3) is 4.11. The van der Waals surface area contributed by atoms with E-state index in [0.29, 0.717) is 21.9 Å². The lowest BCUT2D eigenvalue weighted by Crippen LogP contribution is -2.01. The van der Waals surface area contributed by atoms with Crippen LogP contribution in [-0.2, 0) is 0 Å². The molecule has 0 bridgehead atoms. The zero-order chi connectivity index (χ0) is 19.4. The summed E-state index contributed by atoms with van der Waals surface area (Å²) in [5.41, 5.74) is 0.693. The van der Waals surface area contributed by atoms with Gasteiger partial charge >= 0.3 is 0 Å². The Labute approximate surface area is 159 Å². The molecule has 0 unspecified atom stereocenters. The monoisotopic (exact) mass is 378 g/mol. The molecule has 0 saturated heterocycles. The van der Waals surface area contributed by atoms with Crippen molar-refractivity contribution < 1.29 is 14.1 Å². The fraction of sp³-hybridized carbons (Fsp3) is 0. The topological polar surface area (TPSA) is 97.1 Å². The molecule has 0 N–H and O–H groups in total. The summed E-state index contributed by atoms with van der Waals surface area (Å²) in [7, 11) is 0. The molecule has 0 radical (unpaired) electrons. The fourth-order valence-electron chi connectivity index (χ4n) is 2.41. The van der Waals surface area contributed by atoms with E-state index in [2.05, 4.69) is 0 Å². The van der Waals surface area contributed by atoms with Crippen molar-refractivity contribution in [3.8, 4) is 17.4 Å². The van der Waals surface area contributed by atoms with Crippen molar-refractivity contribution in [3.63, 3.8) is 0 Å². The first-order valence-corrected chi connectivity index (χ1v) is 8.12. The van der Waals surface area contributed by atoms with Gasteiger partial charge in [0.2, 0.25) is 5.78 Å². The summed E-state index contributed by atoms with van der Waals surface area (Å²) in [5, 5.41) is 20.7. The van der Waals surface area contributed by atoms with Gasteiger partial charge in [-0.1, -0.05) is 23.7 Å². The largest absolute Gasteiger partial charge is 0.457 e. The summed E-state index contributed by atoms with van der Waals surface area (Å²) in [5.74, 6) is 0.221. The lowest BCUT2D eigenvalue weighted by molar-refractivity contribution is -0.384. The number of ketones is 1. The molecule has 7 heteroatoms. The van der Waals surface area contributed by atoms with E-state index in [1.165, 1.54) is 30.3 Å². The number of hydrogen-bond donors (Lipinski definition) is 0. The number of rotatable bonds is 5. The first-order valence-electron chi connectivity index (χ1n) is 7.74. The maximum atomic E-state index is 12.4. The average molecular weight is 379 g/mol. The molecular weight excluding hydrogens is 368 g/mol. The van der Waals surface area contributed by atoms with Crippen molar-refractivity contribution >= 4 is 29.1 Å². The first kappa shape index (κ1) is 18.1. The molecule has 0 fully saturated rings. The first-order chi connectivity index (χ1) is 13.0. The second-order valence-electron chi connectivity index (χ2n) is 5.52.